The summed E-state index contributed by atoms with van der Waals surface area (Å²) in [5.74, 6) is -0.764. The van der Waals surface area contributed by atoms with Crippen molar-refractivity contribution in [3.8, 4) is 0 Å². The maximum absolute atomic E-state index is 13.4. The molecule has 0 saturated carbocycles. The van der Waals surface area contributed by atoms with Crippen molar-refractivity contribution in [3.63, 3.8) is 0 Å². The first-order valence-electron chi connectivity index (χ1n) is 12.4. The van der Waals surface area contributed by atoms with Gasteiger partial charge in [0.05, 0.1) is 12.6 Å². The van der Waals surface area contributed by atoms with Crippen LogP contribution in [0.4, 0.5) is 0 Å². The number of aryl methyl sites for hydroxylation is 1. The van der Waals surface area contributed by atoms with Crippen molar-refractivity contribution in [2.75, 3.05) is 20.1 Å². The lowest BCUT2D eigenvalue weighted by Crippen LogP contribution is -2.45. The fourth-order valence-electron chi connectivity index (χ4n) is 5.03. The minimum absolute atomic E-state index is 0.0497. The lowest BCUT2D eigenvalue weighted by molar-refractivity contribution is -0.158. The highest BCUT2D eigenvalue weighted by atomic mass is 16.5. The van der Waals surface area contributed by atoms with E-state index in [0.29, 0.717) is 24.9 Å². The molecule has 1 aromatic carbocycles. The summed E-state index contributed by atoms with van der Waals surface area (Å²) >= 11 is 0. The second-order valence-corrected chi connectivity index (χ2v) is 9.76. The van der Waals surface area contributed by atoms with Crippen molar-refractivity contribution in [1.29, 1.82) is 0 Å². The molecule has 1 N–H and O–H groups in total. The number of amides is 3. The molecular formula is C27H37N3O5. The Bertz CT molecular complexity index is 973. The monoisotopic (exact) mass is 483 g/mol. The smallest absolute Gasteiger partial charge is 0.329 e. The van der Waals surface area contributed by atoms with Crippen LogP contribution in [0.15, 0.2) is 35.9 Å². The number of likely N-dealkylation sites (tertiary alicyclic amines) is 1. The third kappa shape index (κ3) is 6.29. The number of fused-ring (bicyclic) bond motifs is 1. The van der Waals surface area contributed by atoms with Crippen LogP contribution < -0.4 is 5.32 Å². The van der Waals surface area contributed by atoms with Gasteiger partial charge in [-0.15, -0.1) is 0 Å². The molecule has 1 fully saturated rings. The number of esters is 1. The van der Waals surface area contributed by atoms with E-state index in [-0.39, 0.29) is 42.4 Å². The zero-order valence-corrected chi connectivity index (χ0v) is 21.2. The van der Waals surface area contributed by atoms with Gasteiger partial charge in [0.15, 0.2) is 0 Å². The zero-order valence-electron chi connectivity index (χ0n) is 21.2. The summed E-state index contributed by atoms with van der Waals surface area (Å²) in [5, 5.41) is 2.38. The molecule has 1 saturated heterocycles. The molecule has 2 aliphatic rings. The van der Waals surface area contributed by atoms with Gasteiger partial charge >= 0.3 is 5.97 Å². The third-order valence-corrected chi connectivity index (χ3v) is 6.98. The summed E-state index contributed by atoms with van der Waals surface area (Å²) in [5.41, 5.74) is 2.77. The number of likely N-dealkylation sites (N-methyl/N-ethyl adjacent to an activating group) is 1. The van der Waals surface area contributed by atoms with E-state index in [4.69, 9.17) is 4.74 Å². The van der Waals surface area contributed by atoms with Gasteiger partial charge in [-0.1, -0.05) is 44.2 Å². The average Bonchev–Trinajstić information content (AvgIpc) is 3.35. The minimum Gasteiger partial charge on any atom is -0.456 e. The predicted molar refractivity (Wildman–Crippen MR) is 132 cm³/mol. The van der Waals surface area contributed by atoms with E-state index in [9.17, 15) is 19.2 Å². The third-order valence-electron chi connectivity index (χ3n) is 6.98. The molecule has 0 aromatic heterocycles. The number of nitrogens with zero attached hydrogens (tertiary/aromatic N) is 2. The normalized spacial score (nSPS) is 20.7. The molecule has 1 aliphatic carbocycles. The summed E-state index contributed by atoms with van der Waals surface area (Å²) in [6.45, 7) is 6.05. The summed E-state index contributed by atoms with van der Waals surface area (Å²) in [7, 11) is 1.66. The number of benzene rings is 1. The number of carbonyl (C=O) groups is 4. The number of ether oxygens (including phenoxy) is 1. The van der Waals surface area contributed by atoms with E-state index < -0.39 is 6.04 Å². The van der Waals surface area contributed by atoms with Crippen molar-refractivity contribution in [3.05, 3.63) is 47.0 Å². The predicted octanol–water partition coefficient (Wildman–Crippen LogP) is 2.77. The van der Waals surface area contributed by atoms with Crippen LogP contribution in [0.5, 0.6) is 0 Å². The minimum atomic E-state index is -0.603. The van der Waals surface area contributed by atoms with Gasteiger partial charge in [0.1, 0.15) is 12.1 Å². The zero-order chi connectivity index (χ0) is 25.5. The molecule has 1 aliphatic heterocycles. The van der Waals surface area contributed by atoms with Gasteiger partial charge in [0.25, 0.3) is 0 Å². The van der Waals surface area contributed by atoms with Crippen LogP contribution in [0.3, 0.4) is 0 Å². The van der Waals surface area contributed by atoms with E-state index in [0.717, 1.165) is 31.2 Å². The molecule has 8 nitrogen and oxygen atoms in total. The molecule has 1 aromatic rings. The summed E-state index contributed by atoms with van der Waals surface area (Å²) in [6.07, 6.45) is 6.06. The lowest BCUT2D eigenvalue weighted by Gasteiger charge is -2.31. The fraction of sp³-hybridized carbons (Fsp3) is 0.556. The number of hydrogen-bond acceptors (Lipinski definition) is 5. The Morgan fingerprint density at radius 1 is 1.20 bits per heavy atom. The van der Waals surface area contributed by atoms with E-state index >= 15 is 0 Å². The maximum atomic E-state index is 13.4. The highest BCUT2D eigenvalue weighted by Crippen LogP contribution is 2.34. The van der Waals surface area contributed by atoms with Gasteiger partial charge in [-0.05, 0) is 56.1 Å². The summed E-state index contributed by atoms with van der Waals surface area (Å²) in [6, 6.07) is 7.14. The van der Waals surface area contributed by atoms with Gasteiger partial charge in [-0.3, -0.25) is 14.4 Å². The second-order valence-electron chi connectivity index (χ2n) is 9.76. The van der Waals surface area contributed by atoms with Gasteiger partial charge in [-0.25, -0.2) is 4.79 Å². The molecule has 3 atom stereocenters. The molecule has 3 amide bonds. The topological polar surface area (TPSA) is 96.0 Å². The maximum Gasteiger partial charge on any atom is 0.329 e. The Morgan fingerprint density at radius 2 is 1.94 bits per heavy atom. The molecule has 0 radical (unpaired) electrons. The summed E-state index contributed by atoms with van der Waals surface area (Å²) < 4.78 is 5.95. The van der Waals surface area contributed by atoms with Gasteiger partial charge < -0.3 is 19.9 Å². The van der Waals surface area contributed by atoms with E-state index in [1.54, 1.807) is 24.9 Å². The molecule has 1 heterocycles. The second kappa shape index (κ2) is 12.0. The van der Waals surface area contributed by atoms with Crippen molar-refractivity contribution < 1.29 is 23.9 Å². The van der Waals surface area contributed by atoms with Crippen LogP contribution in [0.25, 0.3) is 0 Å². The molecule has 0 bridgehead atoms. The van der Waals surface area contributed by atoms with Crippen molar-refractivity contribution in [1.82, 2.24) is 15.1 Å². The van der Waals surface area contributed by atoms with Crippen molar-refractivity contribution in [2.45, 2.75) is 71.1 Å². The lowest BCUT2D eigenvalue weighted by atomic mass is 9.89. The highest BCUT2D eigenvalue weighted by molar-refractivity contribution is 5.96. The Labute approximate surface area is 207 Å². The van der Waals surface area contributed by atoms with Gasteiger partial charge in [0.2, 0.25) is 18.2 Å². The average molecular weight is 484 g/mol. The van der Waals surface area contributed by atoms with Crippen LogP contribution in [-0.4, -0.2) is 66.2 Å². The van der Waals surface area contributed by atoms with Crippen LogP contribution in [0.1, 0.15) is 63.7 Å². The molecule has 35 heavy (non-hydrogen) atoms. The largest absolute Gasteiger partial charge is 0.456 e. The molecule has 2 unspecified atom stereocenters. The first-order valence-corrected chi connectivity index (χ1v) is 12.4. The standard InChI is InChI=1S/C27H37N3O5/c1-18(2)23(29(4)25(32)16-28-17-31)15-19(3)26(33)30-14-8-12-22(30)27(34)35-24-13-7-10-20-9-5-6-11-21(20)24/h5-6,9,11,15,17-18,22-24H,7-8,10,12-14,16H2,1-4H3,(H,28,31)/t22?,23?,24-/m1/s1. The first kappa shape index (κ1) is 26.4. The van der Waals surface area contributed by atoms with Crippen LogP contribution in [0, 0.1) is 5.92 Å². The highest BCUT2D eigenvalue weighted by Gasteiger charge is 2.37. The number of hydrogen-bond donors (Lipinski definition) is 1. The Hall–Kier alpha value is -3.16. The van der Waals surface area contributed by atoms with Crippen LogP contribution in [-0.2, 0) is 30.3 Å². The molecule has 8 heteroatoms. The molecule has 3 rings (SSSR count). The summed E-state index contributed by atoms with van der Waals surface area (Å²) in [4.78, 5) is 52.6. The SMILES string of the molecule is CC(=CC(C(C)C)N(C)C(=O)CNC=O)C(=O)N1CCCC1C(=O)O[C@@H]1CCCc2ccccc21. The Morgan fingerprint density at radius 3 is 2.66 bits per heavy atom. The van der Waals surface area contributed by atoms with Crippen molar-refractivity contribution in [2.24, 2.45) is 5.92 Å². The van der Waals surface area contributed by atoms with E-state index in [1.165, 1.54) is 10.5 Å². The van der Waals surface area contributed by atoms with E-state index in [1.807, 2.05) is 32.0 Å². The fourth-order valence-corrected chi connectivity index (χ4v) is 5.03. The number of nitrogens with one attached hydrogen (secondary N) is 1. The molecular weight excluding hydrogens is 446 g/mol. The number of carbonyl (C=O) groups excluding carboxylic acids is 4. The van der Waals surface area contributed by atoms with Crippen LogP contribution >= 0.6 is 0 Å². The number of rotatable bonds is 9. The molecule has 0 spiro atoms. The first-order chi connectivity index (χ1) is 16.7. The molecule has 190 valence electrons. The van der Waals surface area contributed by atoms with Gasteiger partial charge in [-0.2, -0.15) is 0 Å². The van der Waals surface area contributed by atoms with Crippen molar-refractivity contribution >= 4 is 24.2 Å². The Kier molecular flexibility index (Phi) is 9.07. The van der Waals surface area contributed by atoms with Gasteiger partial charge in [0, 0.05) is 19.2 Å². The Balaban J connectivity index is 1.70. The quantitative estimate of drug-likeness (QED) is 0.331. The van der Waals surface area contributed by atoms with E-state index in [2.05, 4.69) is 11.4 Å². The van der Waals surface area contributed by atoms with Crippen LogP contribution in [0.2, 0.25) is 0 Å².